The minimum absolute atomic E-state index is 0.132. The third kappa shape index (κ3) is 3.49. The molecule has 4 nitrogen and oxygen atoms in total. The zero-order valence-electron chi connectivity index (χ0n) is 11.6. The number of nitrogens with zero attached hydrogens (tertiary/aromatic N) is 1. The lowest BCUT2D eigenvalue weighted by molar-refractivity contribution is 0.468. The first-order chi connectivity index (χ1) is 9.21. The van der Waals surface area contributed by atoms with Crippen LogP contribution in [0.3, 0.4) is 0 Å². The van der Waals surface area contributed by atoms with Gasteiger partial charge in [0.1, 0.15) is 6.26 Å². The Bertz CT molecular complexity index is 612. The largest absolute Gasteiger partial charge is 0.612 e. The van der Waals surface area contributed by atoms with Crippen molar-refractivity contribution in [1.82, 2.24) is 4.31 Å². The lowest BCUT2D eigenvalue weighted by Crippen LogP contribution is -2.26. The second kappa shape index (κ2) is 5.85. The van der Waals surface area contributed by atoms with Crippen LogP contribution in [0.1, 0.15) is 23.5 Å². The van der Waals surface area contributed by atoms with Crippen LogP contribution in [0, 0.1) is 6.42 Å². The van der Waals surface area contributed by atoms with E-state index in [2.05, 4.69) is 6.42 Å². The van der Waals surface area contributed by atoms with Crippen molar-refractivity contribution in [2.45, 2.75) is 23.8 Å². The highest BCUT2D eigenvalue weighted by molar-refractivity contribution is 7.90. The SMILES string of the molecule is CN(Cc1c(Cl)ccc(C2[CH]C2)c1[S+](C)[O-])S(C)(=O)=O. The predicted octanol–water partition coefficient (Wildman–Crippen LogP) is 2.16. The number of benzene rings is 1. The van der Waals surface area contributed by atoms with Gasteiger partial charge < -0.3 is 4.55 Å². The van der Waals surface area contributed by atoms with E-state index in [9.17, 15) is 13.0 Å². The zero-order chi connectivity index (χ0) is 15.1. The Morgan fingerprint density at radius 1 is 1.50 bits per heavy atom. The normalized spacial score (nSPS) is 17.5. The third-order valence-electron chi connectivity index (χ3n) is 3.34. The van der Waals surface area contributed by atoms with Crippen LogP contribution >= 0.6 is 11.6 Å². The lowest BCUT2D eigenvalue weighted by Gasteiger charge is -2.20. The molecule has 7 heteroatoms. The molecule has 0 heterocycles. The lowest BCUT2D eigenvalue weighted by atomic mass is 10.1. The molecule has 1 aromatic carbocycles. The van der Waals surface area contributed by atoms with E-state index in [-0.39, 0.29) is 6.54 Å². The quantitative estimate of drug-likeness (QED) is 0.775. The van der Waals surface area contributed by atoms with E-state index in [0.717, 1.165) is 18.2 Å². The first kappa shape index (κ1) is 16.1. The van der Waals surface area contributed by atoms with Crippen LogP contribution in [0.4, 0.5) is 0 Å². The Kier molecular flexibility index (Phi) is 4.71. The van der Waals surface area contributed by atoms with Crippen LogP contribution in [0.5, 0.6) is 0 Å². The summed E-state index contributed by atoms with van der Waals surface area (Å²) >= 11 is 4.99. The molecular formula is C13H17ClNO3S2. The summed E-state index contributed by atoms with van der Waals surface area (Å²) in [5.74, 6) is 0.313. The van der Waals surface area contributed by atoms with E-state index < -0.39 is 21.2 Å². The molecule has 0 amide bonds. The molecule has 0 bridgehead atoms. The highest BCUT2D eigenvalue weighted by atomic mass is 35.5. The van der Waals surface area contributed by atoms with E-state index in [1.165, 1.54) is 11.4 Å². The van der Waals surface area contributed by atoms with Gasteiger partial charge in [-0.1, -0.05) is 17.7 Å². The molecule has 20 heavy (non-hydrogen) atoms. The van der Waals surface area contributed by atoms with Crippen LogP contribution in [0.15, 0.2) is 17.0 Å². The molecule has 111 valence electrons. The van der Waals surface area contributed by atoms with Gasteiger partial charge in [-0.15, -0.1) is 0 Å². The fraction of sp³-hybridized carbons (Fsp3) is 0.462. The Morgan fingerprint density at radius 3 is 2.55 bits per heavy atom. The van der Waals surface area contributed by atoms with Gasteiger partial charge in [-0.05, 0) is 36.0 Å². The van der Waals surface area contributed by atoms with Crippen LogP contribution in [-0.2, 0) is 27.7 Å². The topological polar surface area (TPSA) is 60.4 Å². The molecule has 1 aromatic rings. The first-order valence-electron chi connectivity index (χ1n) is 6.11. The molecule has 2 unspecified atom stereocenters. The smallest absolute Gasteiger partial charge is 0.211 e. The Morgan fingerprint density at radius 2 is 2.10 bits per heavy atom. The second-order valence-corrected chi connectivity index (χ2v) is 8.81. The van der Waals surface area contributed by atoms with Crippen molar-refractivity contribution in [2.75, 3.05) is 19.6 Å². The van der Waals surface area contributed by atoms with Crippen LogP contribution in [0.25, 0.3) is 0 Å². The summed E-state index contributed by atoms with van der Waals surface area (Å²) in [4.78, 5) is 0.673. The molecular weight excluding hydrogens is 318 g/mol. The summed E-state index contributed by atoms with van der Waals surface area (Å²) in [7, 11) is -1.82. The van der Waals surface area contributed by atoms with Crippen molar-refractivity contribution in [3.8, 4) is 0 Å². The van der Waals surface area contributed by atoms with Crippen molar-refractivity contribution >= 4 is 32.8 Å². The number of hydrogen-bond acceptors (Lipinski definition) is 3. The van der Waals surface area contributed by atoms with Gasteiger partial charge in [0.25, 0.3) is 0 Å². The summed E-state index contributed by atoms with van der Waals surface area (Å²) in [5.41, 5.74) is 1.63. The molecule has 0 N–H and O–H groups in total. The van der Waals surface area contributed by atoms with E-state index >= 15 is 0 Å². The highest BCUT2D eigenvalue weighted by Crippen LogP contribution is 2.44. The molecule has 0 aromatic heterocycles. The minimum Gasteiger partial charge on any atom is -0.612 e. The molecule has 1 radical (unpaired) electrons. The average Bonchev–Trinajstić information content (AvgIpc) is 3.13. The number of halogens is 1. The van der Waals surface area contributed by atoms with Gasteiger partial charge in [0.05, 0.1) is 11.3 Å². The van der Waals surface area contributed by atoms with Crippen LogP contribution in [0.2, 0.25) is 5.02 Å². The average molecular weight is 335 g/mol. The van der Waals surface area contributed by atoms with Crippen molar-refractivity contribution < 1.29 is 13.0 Å². The van der Waals surface area contributed by atoms with E-state index in [1.54, 1.807) is 12.3 Å². The summed E-state index contributed by atoms with van der Waals surface area (Å²) in [6.07, 6.45) is 5.83. The van der Waals surface area contributed by atoms with E-state index in [0.29, 0.717) is 21.4 Å². The number of hydrogen-bond donors (Lipinski definition) is 0. The van der Waals surface area contributed by atoms with Gasteiger partial charge in [0, 0.05) is 24.7 Å². The predicted molar refractivity (Wildman–Crippen MR) is 81.8 cm³/mol. The highest BCUT2D eigenvalue weighted by Gasteiger charge is 2.33. The van der Waals surface area contributed by atoms with Crippen molar-refractivity contribution in [3.63, 3.8) is 0 Å². The van der Waals surface area contributed by atoms with Gasteiger partial charge in [0.2, 0.25) is 10.0 Å². The monoisotopic (exact) mass is 334 g/mol. The van der Waals surface area contributed by atoms with Gasteiger partial charge in [-0.3, -0.25) is 0 Å². The molecule has 1 fully saturated rings. The van der Waals surface area contributed by atoms with Gasteiger partial charge in [0.15, 0.2) is 4.90 Å². The zero-order valence-corrected chi connectivity index (χ0v) is 14.0. The van der Waals surface area contributed by atoms with Crippen molar-refractivity contribution in [1.29, 1.82) is 0 Å². The summed E-state index contributed by atoms with van der Waals surface area (Å²) < 4.78 is 36.4. The van der Waals surface area contributed by atoms with E-state index in [4.69, 9.17) is 11.6 Å². The van der Waals surface area contributed by atoms with Crippen LogP contribution in [-0.4, -0.2) is 36.8 Å². The number of sulfonamides is 1. The van der Waals surface area contributed by atoms with Gasteiger partial charge >= 0.3 is 0 Å². The summed E-state index contributed by atoms with van der Waals surface area (Å²) in [6.45, 7) is 0.132. The maximum absolute atomic E-state index is 12.1. The Labute approximate surface area is 128 Å². The maximum Gasteiger partial charge on any atom is 0.211 e. The number of rotatable bonds is 5. The fourth-order valence-corrected chi connectivity index (χ4v) is 3.77. The molecule has 2 atom stereocenters. The molecule has 0 aliphatic heterocycles. The second-order valence-electron chi connectivity index (χ2n) is 5.00. The first-order valence-corrected chi connectivity index (χ1v) is 9.89. The van der Waals surface area contributed by atoms with Gasteiger partial charge in [-0.2, -0.15) is 0 Å². The molecule has 0 spiro atoms. The fourth-order valence-electron chi connectivity index (χ4n) is 2.06. The molecule has 0 saturated heterocycles. The van der Waals surface area contributed by atoms with Crippen LogP contribution < -0.4 is 0 Å². The third-order valence-corrected chi connectivity index (χ3v) is 6.01. The standard InChI is InChI=1S/C13H17ClNO3S2/c1-15(20(3,17)18)8-11-12(14)7-6-10(9-4-5-9)13(11)19(2)16/h4,6-7,9H,5,8H2,1-3H3. The summed E-state index contributed by atoms with van der Waals surface area (Å²) in [6, 6.07) is 3.64. The molecule has 1 aliphatic rings. The maximum atomic E-state index is 12.1. The molecule has 2 rings (SSSR count). The summed E-state index contributed by atoms with van der Waals surface area (Å²) in [5, 5.41) is 0.454. The Hall–Kier alpha value is -0.270. The van der Waals surface area contributed by atoms with E-state index in [1.807, 2.05) is 6.07 Å². The van der Waals surface area contributed by atoms with Gasteiger partial charge in [-0.25, -0.2) is 12.7 Å². The minimum atomic E-state index is -3.31. The van der Waals surface area contributed by atoms with Crippen molar-refractivity contribution in [2.24, 2.45) is 0 Å². The molecule has 1 aliphatic carbocycles. The van der Waals surface area contributed by atoms with Crippen molar-refractivity contribution in [3.05, 3.63) is 34.7 Å². The molecule has 1 saturated carbocycles. The Balaban J connectivity index is 2.47.